The van der Waals surface area contributed by atoms with Gasteiger partial charge in [0.1, 0.15) is 41.3 Å². The van der Waals surface area contributed by atoms with Gasteiger partial charge in [-0.25, -0.2) is 14.1 Å². The van der Waals surface area contributed by atoms with Crippen molar-refractivity contribution >= 4 is 35.0 Å². The van der Waals surface area contributed by atoms with E-state index in [1.165, 1.54) is 23.0 Å². The SMILES string of the molecule is OC[C@H]1O[C@@H](Sc2ccc(Cl)c(Cl)c2)[C@H](O)[C@@H](n2cc(-c3cc(F)cc(COCc4cnc[nH]4)c3)nn2)[C@H]1O. The van der Waals surface area contributed by atoms with Crippen LogP contribution in [0.2, 0.25) is 10.0 Å². The van der Waals surface area contributed by atoms with Crippen LogP contribution in [0, 0.1) is 5.82 Å². The molecule has 1 saturated heterocycles. The summed E-state index contributed by atoms with van der Waals surface area (Å²) in [7, 11) is 0. The van der Waals surface area contributed by atoms with Gasteiger partial charge in [-0.2, -0.15) is 0 Å². The highest BCUT2D eigenvalue weighted by molar-refractivity contribution is 7.99. The number of aliphatic hydroxyl groups is 3. The van der Waals surface area contributed by atoms with E-state index in [1.807, 2.05) is 0 Å². The van der Waals surface area contributed by atoms with Gasteiger partial charge in [0.2, 0.25) is 0 Å². The third kappa shape index (κ3) is 6.44. The topological polar surface area (TPSA) is 139 Å². The first kappa shape index (κ1) is 28.0. The first-order valence-electron chi connectivity index (χ1n) is 11.8. The number of benzene rings is 2. The molecule has 2 aromatic heterocycles. The van der Waals surface area contributed by atoms with E-state index in [0.717, 1.165) is 17.5 Å². The molecule has 206 valence electrons. The van der Waals surface area contributed by atoms with Crippen LogP contribution in [0.1, 0.15) is 17.3 Å². The molecule has 0 saturated carbocycles. The number of aromatic amines is 1. The maximum atomic E-state index is 14.4. The van der Waals surface area contributed by atoms with Gasteiger partial charge < -0.3 is 29.8 Å². The number of thioether (sulfide) groups is 1. The van der Waals surface area contributed by atoms with Crippen LogP contribution in [0.5, 0.6) is 0 Å². The molecule has 10 nitrogen and oxygen atoms in total. The Hall–Kier alpha value is -2.55. The zero-order valence-electron chi connectivity index (χ0n) is 20.2. The highest BCUT2D eigenvalue weighted by atomic mass is 35.5. The number of H-pyrrole nitrogens is 1. The Balaban J connectivity index is 1.35. The molecule has 0 unspecified atom stereocenters. The van der Waals surface area contributed by atoms with Crippen molar-refractivity contribution in [1.82, 2.24) is 25.0 Å². The molecule has 3 heterocycles. The third-order valence-corrected chi connectivity index (χ3v) is 8.03. The van der Waals surface area contributed by atoms with E-state index in [-0.39, 0.29) is 13.2 Å². The van der Waals surface area contributed by atoms with Gasteiger partial charge >= 0.3 is 0 Å². The predicted molar refractivity (Wildman–Crippen MR) is 142 cm³/mol. The maximum absolute atomic E-state index is 14.4. The lowest BCUT2D eigenvalue weighted by atomic mass is 9.97. The first-order valence-corrected chi connectivity index (χ1v) is 13.5. The zero-order valence-corrected chi connectivity index (χ0v) is 22.5. The average molecular weight is 596 g/mol. The van der Waals surface area contributed by atoms with Gasteiger partial charge in [-0.1, -0.05) is 40.2 Å². The van der Waals surface area contributed by atoms with Crippen LogP contribution in [0.4, 0.5) is 4.39 Å². The number of aliphatic hydroxyl groups excluding tert-OH is 3. The second kappa shape index (κ2) is 12.3. The number of nitrogens with zero attached hydrogens (tertiary/aromatic N) is 4. The Morgan fingerprint density at radius 2 is 1.95 bits per heavy atom. The van der Waals surface area contributed by atoms with Crippen LogP contribution in [0.15, 0.2) is 60.0 Å². The van der Waals surface area contributed by atoms with Gasteiger partial charge in [-0.05, 0) is 42.0 Å². The number of ether oxygens (including phenoxy) is 2. The van der Waals surface area contributed by atoms with Crippen molar-refractivity contribution in [3.05, 3.63) is 82.2 Å². The minimum atomic E-state index is -1.30. The van der Waals surface area contributed by atoms with Gasteiger partial charge in [-0.15, -0.1) is 5.10 Å². The van der Waals surface area contributed by atoms with Gasteiger partial charge in [0.25, 0.3) is 0 Å². The van der Waals surface area contributed by atoms with Crippen LogP contribution in [-0.2, 0) is 22.7 Å². The van der Waals surface area contributed by atoms with E-state index in [1.54, 1.807) is 36.8 Å². The van der Waals surface area contributed by atoms with E-state index in [4.69, 9.17) is 32.7 Å². The summed E-state index contributed by atoms with van der Waals surface area (Å²) in [6.07, 6.45) is 1.13. The molecule has 4 N–H and O–H groups in total. The molecule has 0 amide bonds. The van der Waals surface area contributed by atoms with Crippen molar-refractivity contribution in [3.63, 3.8) is 0 Å². The molecule has 0 spiro atoms. The van der Waals surface area contributed by atoms with Crippen LogP contribution >= 0.6 is 35.0 Å². The Kier molecular flexibility index (Phi) is 8.84. The number of halogens is 3. The Labute approximate surface area is 236 Å². The smallest absolute Gasteiger partial charge is 0.136 e. The van der Waals surface area contributed by atoms with Crippen molar-refractivity contribution in [3.8, 4) is 11.3 Å². The predicted octanol–water partition coefficient (Wildman–Crippen LogP) is 3.60. The molecule has 1 aliphatic rings. The standard InChI is InChI=1S/C25H24Cl2FN5O5S/c26-18-2-1-17(6-19(18)27)39-25-24(36)22(23(35)21(9-34)38-25)33-8-20(31-32-33)14-3-13(4-15(28)5-14)10-37-11-16-7-29-12-30-16/h1-8,12,21-25,34-36H,9-11H2,(H,29,30)/t21-,22+,23+,24-,25+/m1/s1. The number of aromatic nitrogens is 5. The second-order valence-electron chi connectivity index (χ2n) is 8.89. The fourth-order valence-corrected chi connectivity index (χ4v) is 5.70. The molecule has 39 heavy (non-hydrogen) atoms. The number of nitrogens with one attached hydrogen (secondary N) is 1. The molecule has 0 bridgehead atoms. The third-order valence-electron chi connectivity index (χ3n) is 6.14. The highest BCUT2D eigenvalue weighted by Crippen LogP contribution is 2.39. The van der Waals surface area contributed by atoms with E-state index in [0.29, 0.717) is 31.8 Å². The lowest BCUT2D eigenvalue weighted by Crippen LogP contribution is -2.55. The number of hydrogen-bond donors (Lipinski definition) is 4. The summed E-state index contributed by atoms with van der Waals surface area (Å²) >= 11 is 13.3. The van der Waals surface area contributed by atoms with Crippen LogP contribution in [-0.4, -0.2) is 70.6 Å². The zero-order chi connectivity index (χ0) is 27.5. The summed E-state index contributed by atoms with van der Waals surface area (Å²) in [5, 5.41) is 40.9. The van der Waals surface area contributed by atoms with Crippen molar-refractivity contribution in [1.29, 1.82) is 0 Å². The minimum absolute atomic E-state index is 0.154. The van der Waals surface area contributed by atoms with Crippen molar-refractivity contribution in [2.75, 3.05) is 6.61 Å². The number of hydrogen-bond acceptors (Lipinski definition) is 9. The van der Waals surface area contributed by atoms with Crippen LogP contribution in [0.25, 0.3) is 11.3 Å². The fraction of sp³-hybridized carbons (Fsp3) is 0.320. The largest absolute Gasteiger partial charge is 0.394 e. The molecule has 1 fully saturated rings. The lowest BCUT2D eigenvalue weighted by molar-refractivity contribution is -0.178. The summed E-state index contributed by atoms with van der Waals surface area (Å²) in [6.45, 7) is -0.0493. The van der Waals surface area contributed by atoms with E-state index in [2.05, 4.69) is 20.3 Å². The fourth-order valence-electron chi connectivity index (χ4n) is 4.24. The van der Waals surface area contributed by atoms with Gasteiger partial charge in [0.05, 0.1) is 54.3 Å². The van der Waals surface area contributed by atoms with E-state index in [9.17, 15) is 19.7 Å². The van der Waals surface area contributed by atoms with E-state index >= 15 is 0 Å². The van der Waals surface area contributed by atoms with Gasteiger partial charge in [0, 0.05) is 10.5 Å². The molecular weight excluding hydrogens is 572 g/mol. The normalized spacial score (nSPS) is 23.3. The quantitative estimate of drug-likeness (QED) is 0.228. The molecule has 0 aliphatic carbocycles. The Bertz CT molecular complexity index is 1410. The Morgan fingerprint density at radius 1 is 1.10 bits per heavy atom. The number of rotatable bonds is 9. The second-order valence-corrected chi connectivity index (χ2v) is 10.9. The molecule has 14 heteroatoms. The van der Waals surface area contributed by atoms with Crippen molar-refractivity contribution in [2.24, 2.45) is 0 Å². The monoisotopic (exact) mass is 595 g/mol. The van der Waals surface area contributed by atoms with Crippen molar-refractivity contribution in [2.45, 2.75) is 47.9 Å². The molecule has 5 rings (SSSR count). The first-order chi connectivity index (χ1) is 18.8. The molecule has 4 aromatic rings. The molecule has 2 aromatic carbocycles. The molecule has 0 radical (unpaired) electrons. The van der Waals surface area contributed by atoms with Gasteiger partial charge in [-0.3, -0.25) is 0 Å². The summed E-state index contributed by atoms with van der Waals surface area (Å²) in [5.74, 6) is -0.480. The molecule has 5 atom stereocenters. The summed E-state index contributed by atoms with van der Waals surface area (Å²) in [5.41, 5.74) is 1.26. The van der Waals surface area contributed by atoms with E-state index < -0.39 is 42.2 Å². The highest BCUT2D eigenvalue weighted by Gasteiger charge is 2.46. The molecular formula is C25H24Cl2FN5O5S. The lowest BCUT2D eigenvalue weighted by Gasteiger charge is -2.41. The number of imidazole rings is 1. The van der Waals surface area contributed by atoms with Crippen LogP contribution in [0.3, 0.4) is 0 Å². The summed E-state index contributed by atoms with van der Waals surface area (Å²) < 4.78 is 27.2. The summed E-state index contributed by atoms with van der Waals surface area (Å²) in [4.78, 5) is 7.53. The average Bonchev–Trinajstić information content (AvgIpc) is 3.61. The van der Waals surface area contributed by atoms with Crippen LogP contribution < -0.4 is 0 Å². The Morgan fingerprint density at radius 3 is 2.69 bits per heavy atom. The minimum Gasteiger partial charge on any atom is -0.394 e. The molecule has 1 aliphatic heterocycles. The maximum Gasteiger partial charge on any atom is 0.136 e. The van der Waals surface area contributed by atoms with Gasteiger partial charge in [0.15, 0.2) is 0 Å². The summed E-state index contributed by atoms with van der Waals surface area (Å²) in [6, 6.07) is 8.36. The van der Waals surface area contributed by atoms with Crippen molar-refractivity contribution < 1.29 is 29.2 Å².